The standard InChI is InChI=1S/C15H16Cl2N4O/c1-3-21(4-2)14-8-7-13(19-20-14)15(22)18-12-6-5-10(16)9-11(12)17/h5-9H,3-4H2,1-2H3,(H,18,22). The van der Waals surface area contributed by atoms with Gasteiger partial charge in [-0.25, -0.2) is 0 Å². The summed E-state index contributed by atoms with van der Waals surface area (Å²) in [5.74, 6) is 0.369. The molecule has 0 fully saturated rings. The van der Waals surface area contributed by atoms with Crippen LogP contribution in [-0.4, -0.2) is 29.2 Å². The maximum Gasteiger partial charge on any atom is 0.276 e. The molecule has 0 aliphatic rings. The van der Waals surface area contributed by atoms with Gasteiger partial charge in [-0.15, -0.1) is 10.2 Å². The topological polar surface area (TPSA) is 58.1 Å². The predicted molar refractivity (Wildman–Crippen MR) is 90.0 cm³/mol. The largest absolute Gasteiger partial charge is 0.356 e. The van der Waals surface area contributed by atoms with Crippen LogP contribution in [0, 0.1) is 0 Å². The van der Waals surface area contributed by atoms with Crippen molar-refractivity contribution in [3.05, 3.63) is 46.1 Å². The fourth-order valence-electron chi connectivity index (χ4n) is 1.94. The smallest absolute Gasteiger partial charge is 0.276 e. The van der Waals surface area contributed by atoms with E-state index in [4.69, 9.17) is 23.2 Å². The van der Waals surface area contributed by atoms with E-state index in [1.807, 2.05) is 18.7 Å². The maximum atomic E-state index is 12.2. The number of halogens is 2. The first-order valence-corrected chi connectivity index (χ1v) is 7.65. The van der Waals surface area contributed by atoms with Crippen LogP contribution in [-0.2, 0) is 0 Å². The summed E-state index contributed by atoms with van der Waals surface area (Å²) in [5.41, 5.74) is 0.701. The highest BCUT2D eigenvalue weighted by Crippen LogP contribution is 2.25. The number of nitrogens with zero attached hydrogens (tertiary/aromatic N) is 3. The van der Waals surface area contributed by atoms with Gasteiger partial charge in [0.05, 0.1) is 10.7 Å². The fraction of sp³-hybridized carbons (Fsp3) is 0.267. The zero-order valence-corrected chi connectivity index (χ0v) is 13.8. The SMILES string of the molecule is CCN(CC)c1ccc(C(=O)Nc2ccc(Cl)cc2Cl)nn1. The van der Waals surface area contributed by atoms with E-state index in [0.29, 0.717) is 15.7 Å². The van der Waals surface area contributed by atoms with Crippen molar-refractivity contribution in [1.29, 1.82) is 0 Å². The van der Waals surface area contributed by atoms with Crippen molar-refractivity contribution in [3.8, 4) is 0 Å². The monoisotopic (exact) mass is 338 g/mol. The summed E-state index contributed by atoms with van der Waals surface area (Å²) < 4.78 is 0. The third kappa shape index (κ3) is 3.87. The van der Waals surface area contributed by atoms with Crippen LogP contribution >= 0.6 is 23.2 Å². The molecule has 116 valence electrons. The quantitative estimate of drug-likeness (QED) is 0.898. The van der Waals surface area contributed by atoms with E-state index >= 15 is 0 Å². The van der Waals surface area contributed by atoms with E-state index in [1.54, 1.807) is 30.3 Å². The molecule has 1 aromatic heterocycles. The number of rotatable bonds is 5. The molecule has 0 saturated heterocycles. The Morgan fingerprint density at radius 2 is 1.86 bits per heavy atom. The van der Waals surface area contributed by atoms with Gasteiger partial charge in [0.15, 0.2) is 11.5 Å². The van der Waals surface area contributed by atoms with Gasteiger partial charge in [0.25, 0.3) is 5.91 Å². The molecule has 0 atom stereocenters. The predicted octanol–water partition coefficient (Wildman–Crippen LogP) is 3.88. The summed E-state index contributed by atoms with van der Waals surface area (Å²) in [6, 6.07) is 8.27. The van der Waals surface area contributed by atoms with E-state index in [-0.39, 0.29) is 11.6 Å². The van der Waals surface area contributed by atoms with E-state index in [9.17, 15) is 4.79 Å². The van der Waals surface area contributed by atoms with Crippen molar-refractivity contribution >= 4 is 40.6 Å². The van der Waals surface area contributed by atoms with Crippen molar-refractivity contribution in [2.24, 2.45) is 0 Å². The number of anilines is 2. The molecular formula is C15H16Cl2N4O. The van der Waals surface area contributed by atoms with Gasteiger partial charge in [-0.1, -0.05) is 23.2 Å². The molecule has 0 aliphatic heterocycles. The van der Waals surface area contributed by atoms with Crippen LogP contribution < -0.4 is 10.2 Å². The molecule has 1 heterocycles. The van der Waals surface area contributed by atoms with E-state index in [0.717, 1.165) is 18.9 Å². The van der Waals surface area contributed by atoms with Crippen LogP contribution in [0.25, 0.3) is 0 Å². The molecule has 0 aliphatic carbocycles. The molecule has 0 bridgehead atoms. The molecule has 0 spiro atoms. The van der Waals surface area contributed by atoms with Crippen LogP contribution in [0.15, 0.2) is 30.3 Å². The highest BCUT2D eigenvalue weighted by atomic mass is 35.5. The molecular weight excluding hydrogens is 323 g/mol. The Hall–Kier alpha value is -1.85. The van der Waals surface area contributed by atoms with Crippen LogP contribution in [0.5, 0.6) is 0 Å². The summed E-state index contributed by atoms with van der Waals surface area (Å²) in [6.07, 6.45) is 0. The number of hydrogen-bond donors (Lipinski definition) is 1. The van der Waals surface area contributed by atoms with Crippen molar-refractivity contribution in [1.82, 2.24) is 10.2 Å². The van der Waals surface area contributed by atoms with E-state index in [1.165, 1.54) is 0 Å². The molecule has 1 N–H and O–H groups in total. The van der Waals surface area contributed by atoms with Crippen LogP contribution in [0.2, 0.25) is 10.0 Å². The molecule has 2 aromatic rings. The van der Waals surface area contributed by atoms with Gasteiger partial charge in [0.2, 0.25) is 0 Å². The molecule has 0 saturated carbocycles. The van der Waals surface area contributed by atoms with Gasteiger partial charge in [-0.05, 0) is 44.2 Å². The van der Waals surface area contributed by atoms with Crippen LogP contribution in [0.1, 0.15) is 24.3 Å². The molecule has 22 heavy (non-hydrogen) atoms. The average molecular weight is 339 g/mol. The fourth-order valence-corrected chi connectivity index (χ4v) is 2.40. The summed E-state index contributed by atoms with van der Waals surface area (Å²) in [6.45, 7) is 5.73. The first-order chi connectivity index (χ1) is 10.5. The number of carbonyl (C=O) groups excluding carboxylic acids is 1. The van der Waals surface area contributed by atoms with Gasteiger partial charge < -0.3 is 10.2 Å². The first kappa shape index (κ1) is 16.5. The van der Waals surface area contributed by atoms with Crippen molar-refractivity contribution in [2.75, 3.05) is 23.3 Å². The summed E-state index contributed by atoms with van der Waals surface area (Å²) in [7, 11) is 0. The highest BCUT2D eigenvalue weighted by Gasteiger charge is 2.12. The zero-order valence-electron chi connectivity index (χ0n) is 12.3. The van der Waals surface area contributed by atoms with Gasteiger partial charge in [-0.3, -0.25) is 4.79 Å². The summed E-state index contributed by atoms with van der Waals surface area (Å²) in [5, 5.41) is 11.6. The second-order valence-corrected chi connectivity index (χ2v) is 5.37. The minimum Gasteiger partial charge on any atom is -0.356 e. The lowest BCUT2D eigenvalue weighted by atomic mass is 10.3. The maximum absolute atomic E-state index is 12.2. The molecule has 2 rings (SSSR count). The second-order valence-electron chi connectivity index (χ2n) is 4.53. The van der Waals surface area contributed by atoms with Crippen molar-refractivity contribution in [3.63, 3.8) is 0 Å². The zero-order chi connectivity index (χ0) is 16.1. The second kappa shape index (κ2) is 7.42. The molecule has 1 amide bonds. The molecule has 0 unspecified atom stereocenters. The molecule has 5 nitrogen and oxygen atoms in total. The minimum atomic E-state index is -0.372. The Morgan fingerprint density at radius 3 is 2.41 bits per heavy atom. The van der Waals surface area contributed by atoms with E-state index < -0.39 is 0 Å². The number of nitrogens with one attached hydrogen (secondary N) is 1. The van der Waals surface area contributed by atoms with Crippen molar-refractivity contribution < 1.29 is 4.79 Å². The van der Waals surface area contributed by atoms with Gasteiger partial charge >= 0.3 is 0 Å². The Morgan fingerprint density at radius 1 is 1.14 bits per heavy atom. The van der Waals surface area contributed by atoms with Crippen LogP contribution in [0.4, 0.5) is 11.5 Å². The number of benzene rings is 1. The lowest BCUT2D eigenvalue weighted by Crippen LogP contribution is -2.24. The Bertz CT molecular complexity index is 657. The van der Waals surface area contributed by atoms with Gasteiger partial charge in [0.1, 0.15) is 0 Å². The lowest BCUT2D eigenvalue weighted by molar-refractivity contribution is 0.102. The number of amides is 1. The van der Waals surface area contributed by atoms with Crippen LogP contribution in [0.3, 0.4) is 0 Å². The third-order valence-corrected chi connectivity index (χ3v) is 3.70. The first-order valence-electron chi connectivity index (χ1n) is 6.90. The molecule has 1 aromatic carbocycles. The third-order valence-electron chi connectivity index (χ3n) is 3.15. The Kier molecular flexibility index (Phi) is 5.57. The average Bonchev–Trinajstić information content (AvgIpc) is 2.52. The Labute approximate surface area is 139 Å². The summed E-state index contributed by atoms with van der Waals surface area (Å²) >= 11 is 11.8. The Balaban J connectivity index is 2.13. The number of carbonyl (C=O) groups is 1. The molecule has 0 radical (unpaired) electrons. The normalized spacial score (nSPS) is 10.4. The minimum absolute atomic E-state index is 0.224. The number of hydrogen-bond acceptors (Lipinski definition) is 4. The molecule has 7 heteroatoms. The van der Waals surface area contributed by atoms with Crippen molar-refractivity contribution in [2.45, 2.75) is 13.8 Å². The number of aromatic nitrogens is 2. The highest BCUT2D eigenvalue weighted by molar-refractivity contribution is 6.36. The summed E-state index contributed by atoms with van der Waals surface area (Å²) in [4.78, 5) is 14.2. The van der Waals surface area contributed by atoms with E-state index in [2.05, 4.69) is 15.5 Å². The van der Waals surface area contributed by atoms with Gasteiger partial charge in [-0.2, -0.15) is 0 Å². The van der Waals surface area contributed by atoms with Gasteiger partial charge in [0, 0.05) is 18.1 Å². The lowest BCUT2D eigenvalue weighted by Gasteiger charge is -2.18.